The Morgan fingerprint density at radius 1 is 1.32 bits per heavy atom. The molecule has 0 atom stereocenters. The van der Waals surface area contributed by atoms with Gasteiger partial charge in [0.25, 0.3) is 0 Å². The zero-order valence-corrected chi connectivity index (χ0v) is 12.7. The first kappa shape index (κ1) is 12.4. The minimum Gasteiger partial charge on any atom is -0.326 e. The molecule has 1 aliphatic rings. The number of halogens is 1. The van der Waals surface area contributed by atoms with Crippen molar-refractivity contribution in [2.45, 2.75) is 13.3 Å². The summed E-state index contributed by atoms with van der Waals surface area (Å²) in [5, 5.41) is 0. The third kappa shape index (κ3) is 1.80. The molecule has 3 rings (SSSR count). The number of aromatic nitrogens is 2. The quantitative estimate of drug-likeness (QED) is 0.810. The second-order valence-corrected chi connectivity index (χ2v) is 5.58. The van der Waals surface area contributed by atoms with E-state index >= 15 is 0 Å². The van der Waals surface area contributed by atoms with Crippen LogP contribution in [0.1, 0.15) is 11.4 Å². The van der Waals surface area contributed by atoms with Crippen LogP contribution < -0.4 is 4.90 Å². The van der Waals surface area contributed by atoms with E-state index in [1.54, 1.807) is 4.90 Å². The molecule has 0 unspecified atom stereocenters. The summed E-state index contributed by atoms with van der Waals surface area (Å²) in [5.41, 5.74) is 4.03. The lowest BCUT2D eigenvalue weighted by Gasteiger charge is -2.10. The molecule has 0 saturated carbocycles. The fourth-order valence-electron chi connectivity index (χ4n) is 2.38. The molecule has 98 valence electrons. The molecule has 1 aliphatic heterocycles. The molecule has 0 N–H and O–H groups in total. The van der Waals surface area contributed by atoms with Gasteiger partial charge in [-0.25, -0.2) is 4.98 Å². The summed E-state index contributed by atoms with van der Waals surface area (Å²) in [7, 11) is 3.79. The monoisotopic (exact) mass is 319 g/mol. The summed E-state index contributed by atoms with van der Waals surface area (Å²) in [6.07, 6.45) is 0.475. The average Bonchev–Trinajstić information content (AvgIpc) is 2.81. The molecule has 4 nitrogen and oxygen atoms in total. The van der Waals surface area contributed by atoms with Gasteiger partial charge in [0, 0.05) is 25.3 Å². The second kappa shape index (κ2) is 4.20. The van der Waals surface area contributed by atoms with E-state index in [0.717, 1.165) is 32.9 Å². The lowest BCUT2D eigenvalue weighted by atomic mass is 10.1. The third-order valence-corrected chi connectivity index (χ3v) is 4.59. The second-order valence-electron chi connectivity index (χ2n) is 4.83. The lowest BCUT2D eigenvalue weighted by molar-refractivity contribution is -0.117. The molecule has 0 bridgehead atoms. The number of nitrogens with zero attached hydrogens (tertiary/aromatic N) is 3. The normalized spacial score (nSPS) is 14.1. The third-order valence-electron chi connectivity index (χ3n) is 3.68. The van der Waals surface area contributed by atoms with Crippen molar-refractivity contribution in [1.29, 1.82) is 0 Å². The number of hydrogen-bond acceptors (Lipinski definition) is 2. The van der Waals surface area contributed by atoms with Crippen molar-refractivity contribution >= 4 is 27.5 Å². The molecule has 19 heavy (non-hydrogen) atoms. The van der Waals surface area contributed by atoms with Gasteiger partial charge in [-0.05, 0) is 40.5 Å². The van der Waals surface area contributed by atoms with Crippen molar-refractivity contribution < 1.29 is 4.79 Å². The Morgan fingerprint density at radius 2 is 2.05 bits per heavy atom. The number of benzene rings is 1. The first-order valence-corrected chi connectivity index (χ1v) is 6.87. The molecule has 0 radical (unpaired) electrons. The summed E-state index contributed by atoms with van der Waals surface area (Å²) in [4.78, 5) is 18.0. The van der Waals surface area contributed by atoms with Gasteiger partial charge in [0.05, 0.1) is 6.42 Å². The zero-order chi connectivity index (χ0) is 13.7. The van der Waals surface area contributed by atoms with E-state index < -0.39 is 0 Å². The lowest BCUT2D eigenvalue weighted by Crippen LogP contribution is -2.20. The SMILES string of the molecule is Cc1nc(-c2ccc3c(c2)CC(=O)N3C)c(Br)n1C. The maximum absolute atomic E-state index is 11.7. The van der Waals surface area contributed by atoms with E-state index in [-0.39, 0.29) is 5.91 Å². The van der Waals surface area contributed by atoms with Gasteiger partial charge in [-0.1, -0.05) is 6.07 Å². The molecule has 0 spiro atoms. The summed E-state index contributed by atoms with van der Waals surface area (Å²) in [6.45, 7) is 1.97. The molecule has 2 heterocycles. The molecule has 5 heteroatoms. The molecular weight excluding hydrogens is 306 g/mol. The molecule has 1 amide bonds. The van der Waals surface area contributed by atoms with Crippen LogP contribution in [0.4, 0.5) is 5.69 Å². The van der Waals surface area contributed by atoms with Gasteiger partial charge in [0.15, 0.2) is 0 Å². The van der Waals surface area contributed by atoms with Crippen LogP contribution in [-0.4, -0.2) is 22.5 Å². The van der Waals surface area contributed by atoms with Crippen LogP contribution >= 0.6 is 15.9 Å². The van der Waals surface area contributed by atoms with Gasteiger partial charge in [0.1, 0.15) is 16.1 Å². The van der Waals surface area contributed by atoms with Crippen molar-refractivity contribution in [3.8, 4) is 11.3 Å². The van der Waals surface area contributed by atoms with Gasteiger partial charge < -0.3 is 9.47 Å². The number of imidazole rings is 1. The van der Waals surface area contributed by atoms with E-state index in [0.29, 0.717) is 6.42 Å². The van der Waals surface area contributed by atoms with Crippen LogP contribution in [0.25, 0.3) is 11.3 Å². The Kier molecular flexibility index (Phi) is 2.74. The Labute approximate surface area is 120 Å². The van der Waals surface area contributed by atoms with Crippen molar-refractivity contribution in [2.75, 3.05) is 11.9 Å². The minimum atomic E-state index is 0.142. The number of anilines is 1. The molecule has 0 fully saturated rings. The standard InChI is InChI=1S/C14H14BrN3O/c1-8-16-13(14(15)17(8)2)9-4-5-11-10(6-9)7-12(19)18(11)3/h4-6H,7H2,1-3H3. The Morgan fingerprint density at radius 3 is 2.68 bits per heavy atom. The Bertz CT molecular complexity index is 690. The van der Waals surface area contributed by atoms with Gasteiger partial charge in [-0.3, -0.25) is 4.79 Å². The van der Waals surface area contributed by atoms with Gasteiger partial charge in [-0.2, -0.15) is 0 Å². The zero-order valence-electron chi connectivity index (χ0n) is 11.1. The number of carbonyl (C=O) groups excluding carboxylic acids is 1. The number of hydrogen-bond donors (Lipinski definition) is 0. The molecule has 0 aliphatic carbocycles. The van der Waals surface area contributed by atoms with Crippen molar-refractivity contribution in [3.63, 3.8) is 0 Å². The topological polar surface area (TPSA) is 38.1 Å². The van der Waals surface area contributed by atoms with Crippen LogP contribution in [0.15, 0.2) is 22.8 Å². The number of fused-ring (bicyclic) bond motifs is 1. The number of carbonyl (C=O) groups is 1. The van der Waals surface area contributed by atoms with E-state index in [1.807, 2.05) is 37.7 Å². The summed E-state index contributed by atoms with van der Waals surface area (Å²) in [6, 6.07) is 6.07. The fourth-order valence-corrected chi connectivity index (χ4v) is 2.96. The van der Waals surface area contributed by atoms with Crippen LogP contribution in [0.2, 0.25) is 0 Å². The molecule has 1 aromatic heterocycles. The van der Waals surface area contributed by atoms with Crippen molar-refractivity contribution in [3.05, 3.63) is 34.2 Å². The van der Waals surface area contributed by atoms with E-state index in [9.17, 15) is 4.79 Å². The van der Waals surface area contributed by atoms with Crippen LogP contribution in [0.3, 0.4) is 0 Å². The fraction of sp³-hybridized carbons (Fsp3) is 0.286. The largest absolute Gasteiger partial charge is 0.326 e. The van der Waals surface area contributed by atoms with E-state index in [1.165, 1.54) is 0 Å². The number of aryl methyl sites for hydroxylation is 1. The van der Waals surface area contributed by atoms with E-state index in [2.05, 4.69) is 27.0 Å². The van der Waals surface area contributed by atoms with Crippen molar-refractivity contribution in [1.82, 2.24) is 9.55 Å². The van der Waals surface area contributed by atoms with Crippen LogP contribution in [0, 0.1) is 6.92 Å². The molecular formula is C14H14BrN3O. The number of amides is 1. The van der Waals surface area contributed by atoms with E-state index in [4.69, 9.17) is 0 Å². The van der Waals surface area contributed by atoms with Crippen LogP contribution in [-0.2, 0) is 18.3 Å². The Balaban J connectivity index is 2.11. The molecule has 2 aromatic rings. The highest BCUT2D eigenvalue weighted by Gasteiger charge is 2.24. The maximum atomic E-state index is 11.7. The first-order valence-electron chi connectivity index (χ1n) is 6.07. The number of rotatable bonds is 1. The average molecular weight is 320 g/mol. The number of likely N-dealkylation sites (N-methyl/N-ethyl adjacent to an activating group) is 1. The smallest absolute Gasteiger partial charge is 0.231 e. The predicted octanol–water partition coefficient (Wildman–Crippen LogP) is 2.68. The Hall–Kier alpha value is -1.62. The highest BCUT2D eigenvalue weighted by atomic mass is 79.9. The van der Waals surface area contributed by atoms with Gasteiger partial charge >= 0.3 is 0 Å². The summed E-state index contributed by atoms with van der Waals surface area (Å²) >= 11 is 3.57. The highest BCUT2D eigenvalue weighted by Crippen LogP contribution is 2.34. The van der Waals surface area contributed by atoms with Gasteiger partial charge in [-0.15, -0.1) is 0 Å². The summed E-state index contributed by atoms with van der Waals surface area (Å²) in [5.74, 6) is 1.10. The minimum absolute atomic E-state index is 0.142. The molecule has 1 aromatic carbocycles. The van der Waals surface area contributed by atoms with Crippen LogP contribution in [0.5, 0.6) is 0 Å². The van der Waals surface area contributed by atoms with Gasteiger partial charge in [0.2, 0.25) is 5.91 Å². The van der Waals surface area contributed by atoms with Crippen molar-refractivity contribution in [2.24, 2.45) is 7.05 Å². The maximum Gasteiger partial charge on any atom is 0.231 e. The highest BCUT2D eigenvalue weighted by molar-refractivity contribution is 9.10. The first-order chi connectivity index (χ1) is 8.99. The predicted molar refractivity (Wildman–Crippen MR) is 78.2 cm³/mol. The summed E-state index contributed by atoms with van der Waals surface area (Å²) < 4.78 is 2.96. The molecule has 0 saturated heterocycles.